The molecule has 1 heterocycles. The summed E-state index contributed by atoms with van der Waals surface area (Å²) in [6, 6.07) is 6.10. The predicted octanol–water partition coefficient (Wildman–Crippen LogP) is 3.28. The molecular formula is C18H23NO2. The second-order valence-electron chi connectivity index (χ2n) is 6.44. The van der Waals surface area contributed by atoms with Gasteiger partial charge in [-0.15, -0.1) is 0 Å². The first-order valence-electron chi connectivity index (χ1n) is 7.99. The number of carbonyl (C=O) groups is 2. The maximum Gasteiger partial charge on any atom is 0.254 e. The summed E-state index contributed by atoms with van der Waals surface area (Å²) in [5, 5.41) is 0. The Labute approximate surface area is 126 Å². The van der Waals surface area contributed by atoms with Gasteiger partial charge in [-0.1, -0.05) is 18.2 Å². The minimum Gasteiger partial charge on any atom is -0.335 e. The fraction of sp³-hybridized carbons (Fsp3) is 0.556. The van der Waals surface area contributed by atoms with Gasteiger partial charge in [0, 0.05) is 30.5 Å². The van der Waals surface area contributed by atoms with Crippen LogP contribution in [0.3, 0.4) is 0 Å². The molecule has 1 aromatic carbocycles. The number of aryl methyl sites for hydroxylation is 2. The van der Waals surface area contributed by atoms with Crippen LogP contribution in [0.5, 0.6) is 0 Å². The van der Waals surface area contributed by atoms with Gasteiger partial charge in [0.2, 0.25) is 0 Å². The molecule has 1 aliphatic carbocycles. The van der Waals surface area contributed by atoms with E-state index in [0.717, 1.165) is 48.9 Å². The van der Waals surface area contributed by atoms with Crippen molar-refractivity contribution < 1.29 is 9.59 Å². The smallest absolute Gasteiger partial charge is 0.254 e. The number of rotatable bonds is 2. The Morgan fingerprint density at radius 3 is 2.48 bits per heavy atom. The van der Waals surface area contributed by atoms with Gasteiger partial charge in [0.05, 0.1) is 0 Å². The van der Waals surface area contributed by atoms with Crippen molar-refractivity contribution in [2.75, 3.05) is 6.54 Å². The van der Waals surface area contributed by atoms with Crippen LogP contribution in [0.25, 0.3) is 0 Å². The molecule has 0 bridgehead atoms. The van der Waals surface area contributed by atoms with Gasteiger partial charge in [0.25, 0.3) is 5.91 Å². The van der Waals surface area contributed by atoms with Crippen LogP contribution in [0, 0.1) is 19.8 Å². The minimum atomic E-state index is 0.0841. The van der Waals surface area contributed by atoms with E-state index in [1.165, 1.54) is 0 Å². The number of benzene rings is 1. The summed E-state index contributed by atoms with van der Waals surface area (Å²) in [6.07, 6.45) is 4.65. The first-order chi connectivity index (χ1) is 10.1. The molecule has 2 unspecified atom stereocenters. The molecule has 1 saturated carbocycles. The van der Waals surface area contributed by atoms with Gasteiger partial charge in [-0.05, 0) is 50.7 Å². The van der Waals surface area contributed by atoms with Gasteiger partial charge in [-0.3, -0.25) is 9.59 Å². The topological polar surface area (TPSA) is 37.4 Å². The Morgan fingerprint density at radius 2 is 1.86 bits per heavy atom. The lowest BCUT2D eigenvalue weighted by Gasteiger charge is -2.29. The molecule has 0 aromatic heterocycles. The number of ketones is 1. The van der Waals surface area contributed by atoms with Crippen LogP contribution in [-0.4, -0.2) is 29.2 Å². The largest absolute Gasteiger partial charge is 0.335 e. The molecule has 0 N–H and O–H groups in total. The highest BCUT2D eigenvalue weighted by atomic mass is 16.2. The molecule has 3 nitrogen and oxygen atoms in total. The number of amides is 1. The lowest BCUT2D eigenvalue weighted by molar-refractivity contribution is -0.121. The van der Waals surface area contributed by atoms with Gasteiger partial charge in [0.15, 0.2) is 0 Å². The molecule has 2 fully saturated rings. The molecule has 21 heavy (non-hydrogen) atoms. The van der Waals surface area contributed by atoms with Gasteiger partial charge < -0.3 is 4.90 Å². The van der Waals surface area contributed by atoms with Crippen LogP contribution < -0.4 is 0 Å². The third-order valence-electron chi connectivity index (χ3n) is 5.07. The molecule has 2 atom stereocenters. The van der Waals surface area contributed by atoms with Crippen molar-refractivity contribution in [3.63, 3.8) is 0 Å². The Morgan fingerprint density at radius 1 is 1.14 bits per heavy atom. The van der Waals surface area contributed by atoms with E-state index < -0.39 is 0 Å². The molecule has 112 valence electrons. The highest BCUT2D eigenvalue weighted by Crippen LogP contribution is 2.34. The fourth-order valence-corrected chi connectivity index (χ4v) is 4.01. The van der Waals surface area contributed by atoms with Crippen molar-refractivity contribution in [2.45, 2.75) is 52.0 Å². The van der Waals surface area contributed by atoms with Crippen LogP contribution in [-0.2, 0) is 4.79 Å². The van der Waals surface area contributed by atoms with Crippen molar-refractivity contribution in [1.29, 1.82) is 0 Å². The van der Waals surface area contributed by atoms with E-state index in [-0.39, 0.29) is 17.9 Å². The van der Waals surface area contributed by atoms with E-state index in [0.29, 0.717) is 12.2 Å². The summed E-state index contributed by atoms with van der Waals surface area (Å²) in [5.74, 6) is 0.565. The van der Waals surface area contributed by atoms with E-state index in [9.17, 15) is 9.59 Å². The van der Waals surface area contributed by atoms with Crippen molar-refractivity contribution in [3.05, 3.63) is 34.9 Å². The molecule has 1 amide bonds. The van der Waals surface area contributed by atoms with E-state index in [1.807, 2.05) is 36.9 Å². The van der Waals surface area contributed by atoms with Crippen LogP contribution in [0.4, 0.5) is 0 Å². The number of carbonyl (C=O) groups excluding carboxylic acids is 2. The average molecular weight is 285 g/mol. The molecule has 1 aromatic rings. The Kier molecular flexibility index (Phi) is 3.83. The second-order valence-corrected chi connectivity index (χ2v) is 6.44. The van der Waals surface area contributed by atoms with Gasteiger partial charge in [-0.25, -0.2) is 0 Å². The molecule has 3 rings (SSSR count). The van der Waals surface area contributed by atoms with E-state index >= 15 is 0 Å². The van der Waals surface area contributed by atoms with Crippen LogP contribution >= 0.6 is 0 Å². The monoisotopic (exact) mass is 285 g/mol. The average Bonchev–Trinajstić information content (AvgIpc) is 3.06. The van der Waals surface area contributed by atoms with Gasteiger partial charge in [-0.2, -0.15) is 0 Å². The molecule has 0 spiro atoms. The molecule has 1 saturated heterocycles. The Bertz CT molecular complexity index is 558. The first-order valence-corrected chi connectivity index (χ1v) is 7.99. The van der Waals surface area contributed by atoms with Crippen LogP contribution in [0.2, 0.25) is 0 Å². The zero-order chi connectivity index (χ0) is 15.0. The van der Waals surface area contributed by atoms with Crippen LogP contribution in [0.15, 0.2) is 18.2 Å². The summed E-state index contributed by atoms with van der Waals surface area (Å²) in [7, 11) is 0. The third-order valence-corrected chi connectivity index (χ3v) is 5.07. The lowest BCUT2D eigenvalue weighted by atomic mass is 9.94. The zero-order valence-corrected chi connectivity index (χ0v) is 12.9. The van der Waals surface area contributed by atoms with Crippen molar-refractivity contribution >= 4 is 11.7 Å². The van der Waals surface area contributed by atoms with Crippen LogP contribution in [0.1, 0.15) is 53.6 Å². The highest BCUT2D eigenvalue weighted by molar-refractivity contribution is 5.98. The summed E-state index contributed by atoms with van der Waals surface area (Å²) in [6.45, 7) is 4.78. The molecule has 1 aliphatic heterocycles. The third kappa shape index (κ3) is 2.50. The number of Topliss-reactive ketones (excluding diaryl/α,β-unsaturated/α-hetero) is 1. The molecular weight excluding hydrogens is 262 g/mol. The standard InChI is InChI=1S/C18H23NO2/c1-12-6-3-7-13(2)17(12)18(21)19-11-5-9-15(19)14-8-4-10-16(14)20/h3,6-7,14-15H,4-5,8-11H2,1-2H3. The van der Waals surface area contributed by atoms with Gasteiger partial charge >= 0.3 is 0 Å². The van der Waals surface area contributed by atoms with Crippen molar-refractivity contribution in [3.8, 4) is 0 Å². The predicted molar refractivity (Wildman–Crippen MR) is 82.3 cm³/mol. The van der Waals surface area contributed by atoms with Crippen molar-refractivity contribution in [1.82, 2.24) is 4.90 Å². The quantitative estimate of drug-likeness (QED) is 0.836. The van der Waals surface area contributed by atoms with Crippen molar-refractivity contribution in [2.24, 2.45) is 5.92 Å². The molecule has 0 radical (unpaired) electrons. The summed E-state index contributed by atoms with van der Waals surface area (Å²) in [4.78, 5) is 27.0. The SMILES string of the molecule is Cc1cccc(C)c1C(=O)N1CCCC1C1CCCC1=O. The Hall–Kier alpha value is -1.64. The maximum absolute atomic E-state index is 13.0. The number of hydrogen-bond acceptors (Lipinski definition) is 2. The van der Waals surface area contributed by atoms with E-state index in [2.05, 4.69) is 0 Å². The fourth-order valence-electron chi connectivity index (χ4n) is 4.01. The van der Waals surface area contributed by atoms with E-state index in [1.54, 1.807) is 0 Å². The summed E-state index contributed by atoms with van der Waals surface area (Å²) in [5.41, 5.74) is 2.89. The second kappa shape index (κ2) is 5.63. The minimum absolute atomic E-state index is 0.0841. The number of hydrogen-bond donors (Lipinski definition) is 0. The molecule has 3 heteroatoms. The van der Waals surface area contributed by atoms with Gasteiger partial charge in [0.1, 0.15) is 5.78 Å². The highest BCUT2D eigenvalue weighted by Gasteiger charge is 2.40. The molecule has 2 aliphatic rings. The first kappa shape index (κ1) is 14.3. The number of likely N-dealkylation sites (tertiary alicyclic amines) is 1. The summed E-state index contributed by atoms with van der Waals surface area (Å²) >= 11 is 0. The van der Waals surface area contributed by atoms with E-state index in [4.69, 9.17) is 0 Å². The lowest BCUT2D eigenvalue weighted by Crippen LogP contribution is -2.41. The zero-order valence-electron chi connectivity index (χ0n) is 12.9. The number of nitrogens with zero attached hydrogens (tertiary/aromatic N) is 1. The summed E-state index contributed by atoms with van der Waals surface area (Å²) < 4.78 is 0. The maximum atomic E-state index is 13.0. The normalized spacial score (nSPS) is 25.6. The Balaban J connectivity index is 1.88.